The van der Waals surface area contributed by atoms with Crippen molar-refractivity contribution in [2.24, 2.45) is 0 Å². The maximum absolute atomic E-state index is 13.9. The topological polar surface area (TPSA) is 59.4 Å². The molecule has 0 aliphatic carbocycles. The molecule has 1 aromatic heterocycles. The quantitative estimate of drug-likeness (QED) is 0.868. The summed E-state index contributed by atoms with van der Waals surface area (Å²) in [6.45, 7) is 3.70. The van der Waals surface area contributed by atoms with Crippen LogP contribution in [-0.4, -0.2) is 22.2 Å². The molecule has 1 aliphatic heterocycles. The summed E-state index contributed by atoms with van der Waals surface area (Å²) in [5, 5.41) is 9.83. The Hall–Kier alpha value is -2.01. The fraction of sp³-hybridized carbons (Fsp3) is 0.333. The third kappa shape index (κ3) is 1.86. The largest absolute Gasteiger partial charge is 0.478 e. The Kier molecular flexibility index (Phi) is 2.94. The first kappa shape index (κ1) is 13.0. The molecule has 0 amide bonds. The number of carbonyl (C=O) groups is 1. The molecule has 0 radical (unpaired) electrons. The molecular weight excluding hydrogens is 261 g/mol. The van der Waals surface area contributed by atoms with E-state index in [2.05, 4.69) is 4.98 Å². The molecular formula is C15H14FNO3. The summed E-state index contributed by atoms with van der Waals surface area (Å²) >= 11 is 0. The van der Waals surface area contributed by atoms with Crippen molar-refractivity contribution >= 4 is 16.9 Å². The Labute approximate surface area is 115 Å². The Morgan fingerprint density at radius 3 is 2.90 bits per heavy atom. The number of fused-ring (bicyclic) bond motifs is 2. The molecule has 2 atom stereocenters. The van der Waals surface area contributed by atoms with Gasteiger partial charge in [-0.05, 0) is 19.9 Å². The van der Waals surface area contributed by atoms with Crippen LogP contribution in [0.4, 0.5) is 4.39 Å². The minimum atomic E-state index is -1.08. The number of aromatic carboxylic acids is 1. The highest BCUT2D eigenvalue weighted by atomic mass is 19.1. The van der Waals surface area contributed by atoms with Crippen molar-refractivity contribution < 1.29 is 19.0 Å². The van der Waals surface area contributed by atoms with Gasteiger partial charge in [0.25, 0.3) is 0 Å². The monoisotopic (exact) mass is 275 g/mol. The molecule has 3 rings (SSSR count). The van der Waals surface area contributed by atoms with Crippen LogP contribution in [0, 0.1) is 5.82 Å². The molecule has 20 heavy (non-hydrogen) atoms. The summed E-state index contributed by atoms with van der Waals surface area (Å²) < 4.78 is 19.6. The molecule has 2 heterocycles. The van der Waals surface area contributed by atoms with Crippen LogP contribution in [0.15, 0.2) is 18.2 Å². The van der Waals surface area contributed by atoms with Gasteiger partial charge in [-0.2, -0.15) is 0 Å². The maximum atomic E-state index is 13.9. The van der Waals surface area contributed by atoms with Gasteiger partial charge in [0, 0.05) is 17.4 Å². The zero-order valence-corrected chi connectivity index (χ0v) is 11.2. The molecule has 2 unspecified atom stereocenters. The lowest BCUT2D eigenvalue weighted by Gasteiger charge is -2.29. The molecule has 0 spiro atoms. The Morgan fingerprint density at radius 2 is 2.20 bits per heavy atom. The second-order valence-electron chi connectivity index (χ2n) is 5.08. The predicted octanol–water partition coefficient (Wildman–Crippen LogP) is 3.09. The number of pyridine rings is 1. The Morgan fingerprint density at radius 1 is 1.45 bits per heavy atom. The number of carboxylic acids is 1. The van der Waals surface area contributed by atoms with Gasteiger partial charge in [-0.1, -0.05) is 12.1 Å². The second kappa shape index (κ2) is 4.52. The lowest BCUT2D eigenvalue weighted by molar-refractivity contribution is -0.00662. The van der Waals surface area contributed by atoms with E-state index in [1.54, 1.807) is 13.0 Å². The first-order chi connectivity index (χ1) is 9.49. The van der Waals surface area contributed by atoms with Crippen LogP contribution in [0.2, 0.25) is 0 Å². The van der Waals surface area contributed by atoms with E-state index in [1.807, 2.05) is 6.92 Å². The van der Waals surface area contributed by atoms with Crippen LogP contribution in [0.3, 0.4) is 0 Å². The Balaban J connectivity index is 2.43. The van der Waals surface area contributed by atoms with Crippen LogP contribution in [0.5, 0.6) is 0 Å². The van der Waals surface area contributed by atoms with E-state index in [-0.39, 0.29) is 23.3 Å². The molecule has 104 valence electrons. The van der Waals surface area contributed by atoms with Gasteiger partial charge in [-0.3, -0.25) is 0 Å². The van der Waals surface area contributed by atoms with E-state index in [1.165, 1.54) is 12.1 Å². The van der Waals surface area contributed by atoms with Gasteiger partial charge >= 0.3 is 5.97 Å². The number of nitrogens with zero attached hydrogens (tertiary/aromatic N) is 1. The van der Waals surface area contributed by atoms with Gasteiger partial charge in [-0.15, -0.1) is 0 Å². The predicted molar refractivity (Wildman–Crippen MR) is 71.3 cm³/mol. The van der Waals surface area contributed by atoms with Crippen molar-refractivity contribution in [3.05, 3.63) is 40.8 Å². The maximum Gasteiger partial charge on any atom is 0.336 e. The molecule has 1 N–H and O–H groups in total. The van der Waals surface area contributed by atoms with Crippen LogP contribution in [0.25, 0.3) is 10.9 Å². The number of carboxylic acid groups (broad SMARTS) is 1. The van der Waals surface area contributed by atoms with Gasteiger partial charge in [0.2, 0.25) is 0 Å². The zero-order valence-electron chi connectivity index (χ0n) is 11.2. The number of benzene rings is 1. The molecule has 0 saturated heterocycles. The number of halogens is 1. The van der Waals surface area contributed by atoms with E-state index in [4.69, 9.17) is 4.74 Å². The zero-order chi connectivity index (χ0) is 14.4. The summed E-state index contributed by atoms with van der Waals surface area (Å²) in [7, 11) is 0. The van der Waals surface area contributed by atoms with E-state index < -0.39 is 11.8 Å². The van der Waals surface area contributed by atoms with Crippen molar-refractivity contribution in [2.75, 3.05) is 0 Å². The molecule has 0 saturated carbocycles. The summed E-state index contributed by atoms with van der Waals surface area (Å²) in [6.07, 6.45) is 0.0698. The fourth-order valence-corrected chi connectivity index (χ4v) is 2.88. The van der Waals surface area contributed by atoms with E-state index in [0.29, 0.717) is 23.1 Å². The minimum Gasteiger partial charge on any atom is -0.478 e. The number of hydrogen-bond donors (Lipinski definition) is 1. The van der Waals surface area contributed by atoms with E-state index in [0.717, 1.165) is 0 Å². The van der Waals surface area contributed by atoms with Crippen molar-refractivity contribution in [2.45, 2.75) is 32.5 Å². The number of ether oxygens (including phenoxy) is 1. The van der Waals surface area contributed by atoms with Crippen LogP contribution in [0.1, 0.15) is 41.6 Å². The average Bonchev–Trinajstić information content (AvgIpc) is 2.37. The summed E-state index contributed by atoms with van der Waals surface area (Å²) in [4.78, 5) is 16.0. The van der Waals surface area contributed by atoms with Crippen molar-refractivity contribution in [1.82, 2.24) is 4.98 Å². The van der Waals surface area contributed by atoms with Crippen molar-refractivity contribution in [3.63, 3.8) is 0 Å². The smallest absolute Gasteiger partial charge is 0.336 e. The van der Waals surface area contributed by atoms with Crippen LogP contribution in [-0.2, 0) is 11.2 Å². The van der Waals surface area contributed by atoms with E-state index >= 15 is 0 Å². The minimum absolute atomic E-state index is 0.0594. The normalized spacial score (nSPS) is 21.8. The first-order valence-corrected chi connectivity index (χ1v) is 6.48. The summed E-state index contributed by atoms with van der Waals surface area (Å²) in [5.41, 5.74) is 1.40. The molecule has 5 heteroatoms. The number of aromatic nitrogens is 1. The van der Waals surface area contributed by atoms with Crippen LogP contribution >= 0.6 is 0 Å². The SMILES string of the molecule is CC1Cc2nc3c(F)cccc3c(C(=O)O)c2C(C)O1. The second-order valence-corrected chi connectivity index (χ2v) is 5.08. The lowest BCUT2D eigenvalue weighted by Crippen LogP contribution is -2.26. The van der Waals surface area contributed by atoms with Gasteiger partial charge in [0.1, 0.15) is 11.3 Å². The average molecular weight is 275 g/mol. The molecule has 0 bridgehead atoms. The molecule has 2 aromatic rings. The molecule has 1 aromatic carbocycles. The summed E-state index contributed by atoms with van der Waals surface area (Å²) in [5.74, 6) is -1.58. The molecule has 1 aliphatic rings. The molecule has 0 fully saturated rings. The third-order valence-corrected chi connectivity index (χ3v) is 3.62. The van der Waals surface area contributed by atoms with E-state index in [9.17, 15) is 14.3 Å². The van der Waals surface area contributed by atoms with Crippen molar-refractivity contribution in [3.8, 4) is 0 Å². The standard InChI is InChI=1S/C15H14FNO3/c1-7-6-11-12(8(2)20-7)13(15(18)19)9-4-3-5-10(16)14(9)17-11/h3-5,7-8H,6H2,1-2H3,(H,18,19). The third-order valence-electron chi connectivity index (χ3n) is 3.62. The first-order valence-electron chi connectivity index (χ1n) is 6.48. The highest BCUT2D eigenvalue weighted by Gasteiger charge is 2.30. The fourth-order valence-electron chi connectivity index (χ4n) is 2.88. The van der Waals surface area contributed by atoms with Gasteiger partial charge in [0.05, 0.1) is 23.5 Å². The summed E-state index contributed by atoms with van der Waals surface area (Å²) in [6, 6.07) is 4.37. The van der Waals surface area contributed by atoms with Gasteiger partial charge in [-0.25, -0.2) is 14.2 Å². The van der Waals surface area contributed by atoms with Gasteiger partial charge < -0.3 is 9.84 Å². The Bertz CT molecular complexity index is 714. The lowest BCUT2D eigenvalue weighted by atomic mass is 9.92. The highest BCUT2D eigenvalue weighted by Crippen LogP contribution is 2.35. The van der Waals surface area contributed by atoms with Crippen molar-refractivity contribution in [1.29, 1.82) is 0 Å². The molecule has 4 nitrogen and oxygen atoms in total. The number of para-hydroxylation sites is 1. The number of rotatable bonds is 1. The highest BCUT2D eigenvalue weighted by molar-refractivity contribution is 6.04. The van der Waals surface area contributed by atoms with Crippen LogP contribution < -0.4 is 0 Å². The van der Waals surface area contributed by atoms with Gasteiger partial charge in [0.15, 0.2) is 0 Å². The number of hydrogen-bond acceptors (Lipinski definition) is 3.